The third kappa shape index (κ3) is 3.61. The van der Waals surface area contributed by atoms with Crippen LogP contribution in [0.5, 0.6) is 0 Å². The molecule has 2 heterocycles. The zero-order chi connectivity index (χ0) is 14.5. The Kier molecular flexibility index (Phi) is 5.19. The van der Waals surface area contributed by atoms with Crippen LogP contribution in [0.4, 0.5) is 0 Å². The van der Waals surface area contributed by atoms with Crippen molar-refractivity contribution < 1.29 is 28.5 Å². The van der Waals surface area contributed by atoms with E-state index >= 15 is 0 Å². The lowest BCUT2D eigenvalue weighted by molar-refractivity contribution is -0.165. The minimum Gasteiger partial charge on any atom is -0.352 e. The lowest BCUT2D eigenvalue weighted by Gasteiger charge is -2.27. The Balaban J connectivity index is 1.88. The van der Waals surface area contributed by atoms with Gasteiger partial charge in [-0.05, 0) is 37.1 Å². The highest BCUT2D eigenvalue weighted by Gasteiger charge is 2.30. The first kappa shape index (κ1) is 15.1. The van der Waals surface area contributed by atoms with Crippen molar-refractivity contribution >= 4 is 11.6 Å². The van der Waals surface area contributed by atoms with Gasteiger partial charge in [0.1, 0.15) is 12.2 Å². The van der Waals surface area contributed by atoms with Crippen LogP contribution >= 0.6 is 0 Å². The van der Waals surface area contributed by atoms with Crippen LogP contribution in [0.1, 0.15) is 12.8 Å². The van der Waals surface area contributed by atoms with Gasteiger partial charge in [-0.3, -0.25) is 9.59 Å². The highest BCUT2D eigenvalue weighted by Crippen LogP contribution is 2.20. The van der Waals surface area contributed by atoms with E-state index in [4.69, 9.17) is 18.9 Å². The maximum absolute atomic E-state index is 11.7. The summed E-state index contributed by atoms with van der Waals surface area (Å²) in [5, 5.41) is 0. The molecular formula is C14H18O6. The minimum atomic E-state index is -0.603. The van der Waals surface area contributed by atoms with Gasteiger partial charge in [0.15, 0.2) is 24.1 Å². The molecular weight excluding hydrogens is 264 g/mol. The van der Waals surface area contributed by atoms with Gasteiger partial charge in [0.05, 0.1) is 0 Å². The van der Waals surface area contributed by atoms with Crippen molar-refractivity contribution in [1.82, 2.24) is 0 Å². The summed E-state index contributed by atoms with van der Waals surface area (Å²) in [5.74, 6) is -0.249. The van der Waals surface area contributed by atoms with Gasteiger partial charge < -0.3 is 18.9 Å². The first-order valence-corrected chi connectivity index (χ1v) is 6.44. The maximum atomic E-state index is 11.7. The highest BCUT2D eigenvalue weighted by molar-refractivity contribution is 5.95. The number of ether oxygens (including phenoxy) is 4. The van der Waals surface area contributed by atoms with Crippen LogP contribution in [-0.2, 0) is 28.5 Å². The van der Waals surface area contributed by atoms with Crippen LogP contribution in [0.25, 0.3) is 0 Å². The Labute approximate surface area is 117 Å². The molecule has 20 heavy (non-hydrogen) atoms. The number of hydrogen-bond acceptors (Lipinski definition) is 6. The van der Waals surface area contributed by atoms with Crippen molar-refractivity contribution in [3.63, 3.8) is 0 Å². The van der Waals surface area contributed by atoms with E-state index in [-0.39, 0.29) is 11.6 Å². The third-order valence-corrected chi connectivity index (χ3v) is 3.22. The molecule has 0 saturated heterocycles. The van der Waals surface area contributed by atoms with Crippen molar-refractivity contribution in [2.45, 2.75) is 37.6 Å². The third-order valence-electron chi connectivity index (χ3n) is 3.22. The molecule has 0 N–H and O–H groups in total. The van der Waals surface area contributed by atoms with E-state index in [2.05, 4.69) is 0 Å². The predicted molar refractivity (Wildman–Crippen MR) is 68.9 cm³/mol. The van der Waals surface area contributed by atoms with Gasteiger partial charge in [0.25, 0.3) is 0 Å². The molecule has 6 nitrogen and oxygen atoms in total. The summed E-state index contributed by atoms with van der Waals surface area (Å²) in [7, 11) is 3.01. The molecule has 0 unspecified atom stereocenters. The first-order valence-electron chi connectivity index (χ1n) is 6.44. The fourth-order valence-corrected chi connectivity index (χ4v) is 2.10. The zero-order valence-electron chi connectivity index (χ0n) is 11.5. The molecule has 0 aliphatic carbocycles. The maximum Gasteiger partial charge on any atom is 0.184 e. The van der Waals surface area contributed by atoms with Crippen molar-refractivity contribution in [3.05, 3.63) is 24.3 Å². The Hall–Kier alpha value is -1.34. The summed E-state index contributed by atoms with van der Waals surface area (Å²) < 4.78 is 21.0. The average Bonchev–Trinajstić information content (AvgIpc) is 2.48. The SMILES string of the molecule is CO[C@@H]1C=CC(=O)[C@@H](CC[C@H]2O[C@H](OC)C=CC2=O)O1. The molecule has 0 saturated carbocycles. The summed E-state index contributed by atoms with van der Waals surface area (Å²) >= 11 is 0. The van der Waals surface area contributed by atoms with Crippen LogP contribution in [0.2, 0.25) is 0 Å². The van der Waals surface area contributed by atoms with Gasteiger partial charge in [0.2, 0.25) is 0 Å². The number of carbonyl (C=O) groups is 2. The van der Waals surface area contributed by atoms with E-state index in [0.717, 1.165) is 0 Å². The molecule has 2 aliphatic heterocycles. The fourth-order valence-electron chi connectivity index (χ4n) is 2.10. The number of hydrogen-bond donors (Lipinski definition) is 0. The Bertz CT molecular complexity index is 387. The van der Waals surface area contributed by atoms with Crippen molar-refractivity contribution in [1.29, 1.82) is 0 Å². The zero-order valence-corrected chi connectivity index (χ0v) is 11.5. The molecule has 2 aliphatic rings. The fraction of sp³-hybridized carbons (Fsp3) is 0.571. The predicted octanol–water partition coefficient (Wildman–Crippen LogP) is 0.760. The second-order valence-corrected chi connectivity index (χ2v) is 4.56. The Morgan fingerprint density at radius 3 is 1.65 bits per heavy atom. The van der Waals surface area contributed by atoms with Gasteiger partial charge in [-0.2, -0.15) is 0 Å². The number of ketones is 2. The topological polar surface area (TPSA) is 71.1 Å². The van der Waals surface area contributed by atoms with Gasteiger partial charge in [-0.1, -0.05) is 0 Å². The summed E-state index contributed by atoms with van der Waals surface area (Å²) in [6.45, 7) is 0. The van der Waals surface area contributed by atoms with E-state index in [1.54, 1.807) is 12.2 Å². The van der Waals surface area contributed by atoms with Gasteiger partial charge in [0, 0.05) is 14.2 Å². The van der Waals surface area contributed by atoms with Crippen LogP contribution < -0.4 is 0 Å². The smallest absolute Gasteiger partial charge is 0.184 e. The molecule has 0 fully saturated rings. The van der Waals surface area contributed by atoms with E-state index in [1.807, 2.05) is 0 Å². The standard InChI is InChI=1S/C14H18O6/c1-17-13-7-3-9(15)11(19-13)5-6-12-10(16)4-8-14(18-2)20-12/h3-4,7-8,11-14H,5-6H2,1-2H3/t11-,12-,13+,14+/m1/s1. The monoisotopic (exact) mass is 282 g/mol. The van der Waals surface area contributed by atoms with Gasteiger partial charge in [-0.15, -0.1) is 0 Å². The van der Waals surface area contributed by atoms with Gasteiger partial charge in [-0.25, -0.2) is 0 Å². The number of rotatable bonds is 5. The van der Waals surface area contributed by atoms with Crippen LogP contribution in [0.15, 0.2) is 24.3 Å². The van der Waals surface area contributed by atoms with E-state index < -0.39 is 24.8 Å². The molecule has 0 spiro atoms. The molecule has 2 rings (SSSR count). The molecule has 0 radical (unpaired) electrons. The Morgan fingerprint density at radius 1 is 0.900 bits per heavy atom. The lowest BCUT2D eigenvalue weighted by atomic mass is 10.0. The van der Waals surface area contributed by atoms with Crippen LogP contribution in [0.3, 0.4) is 0 Å². The van der Waals surface area contributed by atoms with Gasteiger partial charge >= 0.3 is 0 Å². The highest BCUT2D eigenvalue weighted by atomic mass is 16.7. The molecule has 0 aromatic rings. The number of carbonyl (C=O) groups excluding carboxylic acids is 2. The van der Waals surface area contributed by atoms with E-state index in [0.29, 0.717) is 12.8 Å². The largest absolute Gasteiger partial charge is 0.352 e. The second kappa shape index (κ2) is 6.90. The molecule has 6 heteroatoms. The molecule has 0 bridgehead atoms. The first-order chi connectivity index (χ1) is 9.63. The van der Waals surface area contributed by atoms with Crippen LogP contribution in [-0.4, -0.2) is 50.6 Å². The summed E-state index contributed by atoms with van der Waals surface area (Å²) in [5.41, 5.74) is 0. The van der Waals surface area contributed by atoms with Crippen molar-refractivity contribution in [3.8, 4) is 0 Å². The summed E-state index contributed by atoms with van der Waals surface area (Å²) in [4.78, 5) is 23.4. The average molecular weight is 282 g/mol. The second-order valence-electron chi connectivity index (χ2n) is 4.56. The molecule has 0 aromatic carbocycles. The van der Waals surface area contributed by atoms with Crippen molar-refractivity contribution in [2.24, 2.45) is 0 Å². The lowest BCUT2D eigenvalue weighted by Crippen LogP contribution is -2.36. The summed E-state index contributed by atoms with van der Waals surface area (Å²) in [6, 6.07) is 0. The molecule has 110 valence electrons. The van der Waals surface area contributed by atoms with Crippen LogP contribution in [0, 0.1) is 0 Å². The molecule has 0 aromatic heterocycles. The summed E-state index contributed by atoms with van der Waals surface area (Å²) in [6.07, 6.45) is 4.55. The number of methoxy groups -OCH3 is 2. The van der Waals surface area contributed by atoms with Crippen molar-refractivity contribution in [2.75, 3.05) is 14.2 Å². The normalized spacial score (nSPS) is 33.7. The quantitative estimate of drug-likeness (QED) is 0.741. The van der Waals surface area contributed by atoms with E-state index in [1.165, 1.54) is 26.4 Å². The Morgan fingerprint density at radius 2 is 1.30 bits per heavy atom. The molecule has 0 amide bonds. The minimum absolute atomic E-state index is 0.125. The molecule has 4 atom stereocenters. The van der Waals surface area contributed by atoms with E-state index in [9.17, 15) is 9.59 Å².